The van der Waals surface area contributed by atoms with E-state index in [4.69, 9.17) is 15.2 Å². The van der Waals surface area contributed by atoms with Crippen molar-refractivity contribution >= 4 is 0 Å². The van der Waals surface area contributed by atoms with Crippen molar-refractivity contribution in [2.75, 3.05) is 19.8 Å². The molecule has 1 rings (SSSR count). The van der Waals surface area contributed by atoms with E-state index in [2.05, 4.69) is 19.9 Å². The third-order valence-electron chi connectivity index (χ3n) is 2.84. The quantitative estimate of drug-likeness (QED) is 0.698. The standard InChI is InChI=1S/C16H27NO2/c1-13(2)8-9-18-10-11-19-16-7-5-4-6-15(16)12-14(3)17/h4-7,13-14H,8-12,17H2,1-3H3. The van der Waals surface area contributed by atoms with E-state index in [9.17, 15) is 0 Å². The normalized spacial score (nSPS) is 12.7. The fourth-order valence-corrected chi connectivity index (χ4v) is 1.79. The highest BCUT2D eigenvalue weighted by Crippen LogP contribution is 2.19. The molecule has 1 atom stereocenters. The van der Waals surface area contributed by atoms with Gasteiger partial charge >= 0.3 is 0 Å². The molecule has 1 aromatic rings. The van der Waals surface area contributed by atoms with Crippen LogP contribution in [0.1, 0.15) is 32.8 Å². The van der Waals surface area contributed by atoms with Crippen molar-refractivity contribution in [3.63, 3.8) is 0 Å². The van der Waals surface area contributed by atoms with E-state index in [1.54, 1.807) is 0 Å². The molecule has 0 aromatic heterocycles. The van der Waals surface area contributed by atoms with Crippen LogP contribution in [0.5, 0.6) is 5.75 Å². The lowest BCUT2D eigenvalue weighted by Gasteiger charge is -2.13. The highest BCUT2D eigenvalue weighted by Gasteiger charge is 2.05. The molecule has 0 heterocycles. The summed E-state index contributed by atoms with van der Waals surface area (Å²) in [6.45, 7) is 8.44. The van der Waals surface area contributed by atoms with Crippen molar-refractivity contribution in [1.82, 2.24) is 0 Å². The Morgan fingerprint density at radius 3 is 2.47 bits per heavy atom. The first-order valence-electron chi connectivity index (χ1n) is 7.13. The van der Waals surface area contributed by atoms with Gasteiger partial charge in [0.05, 0.1) is 6.61 Å². The lowest BCUT2D eigenvalue weighted by atomic mass is 10.1. The molecule has 19 heavy (non-hydrogen) atoms. The van der Waals surface area contributed by atoms with Gasteiger partial charge in [0, 0.05) is 12.6 Å². The first-order valence-corrected chi connectivity index (χ1v) is 7.13. The fraction of sp³-hybridized carbons (Fsp3) is 0.625. The van der Waals surface area contributed by atoms with Gasteiger partial charge in [0.1, 0.15) is 12.4 Å². The molecule has 0 spiro atoms. The molecule has 0 saturated heterocycles. The van der Waals surface area contributed by atoms with Gasteiger partial charge in [-0.1, -0.05) is 32.0 Å². The molecule has 0 radical (unpaired) electrons. The van der Waals surface area contributed by atoms with E-state index >= 15 is 0 Å². The molecule has 0 bridgehead atoms. The molecule has 0 aliphatic heterocycles. The molecule has 0 amide bonds. The minimum absolute atomic E-state index is 0.145. The molecule has 2 N–H and O–H groups in total. The third kappa shape index (κ3) is 7.19. The van der Waals surface area contributed by atoms with Crippen LogP contribution in [0.3, 0.4) is 0 Å². The summed E-state index contributed by atoms with van der Waals surface area (Å²) in [4.78, 5) is 0. The van der Waals surface area contributed by atoms with Gasteiger partial charge in [0.15, 0.2) is 0 Å². The second-order valence-electron chi connectivity index (χ2n) is 5.43. The Morgan fingerprint density at radius 1 is 1.05 bits per heavy atom. The molecule has 0 fully saturated rings. The number of ether oxygens (including phenoxy) is 2. The predicted octanol–water partition coefficient (Wildman–Crippen LogP) is 3.02. The zero-order valence-corrected chi connectivity index (χ0v) is 12.4. The van der Waals surface area contributed by atoms with E-state index in [1.807, 2.05) is 25.1 Å². The maximum absolute atomic E-state index is 5.84. The summed E-state index contributed by atoms with van der Waals surface area (Å²) in [6, 6.07) is 8.21. The molecule has 3 nitrogen and oxygen atoms in total. The van der Waals surface area contributed by atoms with Gasteiger partial charge in [-0.2, -0.15) is 0 Å². The smallest absolute Gasteiger partial charge is 0.122 e. The van der Waals surface area contributed by atoms with Crippen molar-refractivity contribution in [1.29, 1.82) is 0 Å². The minimum atomic E-state index is 0.145. The van der Waals surface area contributed by atoms with Crippen LogP contribution < -0.4 is 10.5 Å². The summed E-state index contributed by atoms with van der Waals surface area (Å²) in [7, 11) is 0. The van der Waals surface area contributed by atoms with Crippen molar-refractivity contribution in [3.05, 3.63) is 29.8 Å². The Hall–Kier alpha value is -1.06. The van der Waals surface area contributed by atoms with Gasteiger partial charge in [0.25, 0.3) is 0 Å². The topological polar surface area (TPSA) is 44.5 Å². The Balaban J connectivity index is 2.28. The van der Waals surface area contributed by atoms with Crippen LogP contribution in [0, 0.1) is 5.92 Å². The Morgan fingerprint density at radius 2 is 1.79 bits per heavy atom. The second kappa shape index (κ2) is 8.94. The Kier molecular flexibility index (Phi) is 7.53. The molecule has 108 valence electrons. The molecule has 0 saturated carbocycles. The average Bonchev–Trinajstić information content (AvgIpc) is 2.34. The van der Waals surface area contributed by atoms with Crippen LogP contribution >= 0.6 is 0 Å². The summed E-state index contributed by atoms with van der Waals surface area (Å²) in [5, 5.41) is 0. The minimum Gasteiger partial charge on any atom is -0.491 e. The lowest BCUT2D eigenvalue weighted by molar-refractivity contribution is 0.0922. The Labute approximate surface area is 117 Å². The van der Waals surface area contributed by atoms with Crippen LogP contribution in [-0.2, 0) is 11.2 Å². The number of hydrogen-bond acceptors (Lipinski definition) is 3. The number of para-hydroxylation sites is 1. The molecular weight excluding hydrogens is 238 g/mol. The predicted molar refractivity (Wildman–Crippen MR) is 79.6 cm³/mol. The summed E-state index contributed by atoms with van der Waals surface area (Å²) in [5.41, 5.74) is 7.00. The fourth-order valence-electron chi connectivity index (χ4n) is 1.79. The zero-order chi connectivity index (χ0) is 14.1. The van der Waals surface area contributed by atoms with Gasteiger partial charge in [-0.05, 0) is 37.3 Å². The van der Waals surface area contributed by atoms with E-state index in [-0.39, 0.29) is 6.04 Å². The summed E-state index contributed by atoms with van der Waals surface area (Å²) >= 11 is 0. The highest BCUT2D eigenvalue weighted by atomic mass is 16.5. The summed E-state index contributed by atoms with van der Waals surface area (Å²) in [5.74, 6) is 1.61. The first-order chi connectivity index (χ1) is 9.09. The summed E-state index contributed by atoms with van der Waals surface area (Å²) < 4.78 is 11.3. The summed E-state index contributed by atoms with van der Waals surface area (Å²) in [6.07, 6.45) is 1.94. The number of nitrogens with two attached hydrogens (primary N) is 1. The second-order valence-corrected chi connectivity index (χ2v) is 5.43. The van der Waals surface area contributed by atoms with Crippen molar-refractivity contribution in [2.45, 2.75) is 39.7 Å². The van der Waals surface area contributed by atoms with Crippen molar-refractivity contribution in [3.8, 4) is 5.75 Å². The molecule has 3 heteroatoms. The average molecular weight is 265 g/mol. The van der Waals surface area contributed by atoms with E-state index in [1.165, 1.54) is 5.56 Å². The molecule has 1 unspecified atom stereocenters. The van der Waals surface area contributed by atoms with Crippen molar-refractivity contribution < 1.29 is 9.47 Å². The number of hydrogen-bond donors (Lipinski definition) is 1. The first kappa shape index (κ1) is 16.0. The largest absolute Gasteiger partial charge is 0.491 e. The van der Waals surface area contributed by atoms with Crippen molar-refractivity contribution in [2.24, 2.45) is 11.7 Å². The third-order valence-corrected chi connectivity index (χ3v) is 2.84. The maximum Gasteiger partial charge on any atom is 0.122 e. The van der Waals surface area contributed by atoms with Crippen LogP contribution in [0.25, 0.3) is 0 Å². The molecule has 0 aliphatic rings. The monoisotopic (exact) mass is 265 g/mol. The van der Waals surface area contributed by atoms with Gasteiger partial charge < -0.3 is 15.2 Å². The van der Waals surface area contributed by atoms with Crippen LogP contribution in [-0.4, -0.2) is 25.9 Å². The van der Waals surface area contributed by atoms with Gasteiger partial charge in [0.2, 0.25) is 0 Å². The Bertz CT molecular complexity index is 350. The van der Waals surface area contributed by atoms with Crippen LogP contribution in [0.2, 0.25) is 0 Å². The molecular formula is C16H27NO2. The van der Waals surface area contributed by atoms with Crippen LogP contribution in [0.4, 0.5) is 0 Å². The zero-order valence-electron chi connectivity index (χ0n) is 12.4. The molecule has 0 aliphatic carbocycles. The number of rotatable bonds is 9. The van der Waals surface area contributed by atoms with E-state index in [0.717, 1.165) is 25.2 Å². The van der Waals surface area contributed by atoms with Gasteiger partial charge in [-0.25, -0.2) is 0 Å². The van der Waals surface area contributed by atoms with Gasteiger partial charge in [-0.15, -0.1) is 0 Å². The van der Waals surface area contributed by atoms with E-state index in [0.29, 0.717) is 19.1 Å². The van der Waals surface area contributed by atoms with E-state index < -0.39 is 0 Å². The van der Waals surface area contributed by atoms with Crippen LogP contribution in [0.15, 0.2) is 24.3 Å². The SMILES string of the molecule is CC(C)CCOCCOc1ccccc1CC(C)N. The number of benzene rings is 1. The lowest BCUT2D eigenvalue weighted by Crippen LogP contribution is -2.18. The van der Waals surface area contributed by atoms with Gasteiger partial charge in [-0.3, -0.25) is 0 Å². The highest BCUT2D eigenvalue weighted by molar-refractivity contribution is 5.33. The molecule has 1 aromatic carbocycles. The maximum atomic E-state index is 5.84.